The van der Waals surface area contributed by atoms with E-state index in [1.807, 2.05) is 13.8 Å². The minimum Gasteiger partial charge on any atom is -0.468 e. The zero-order chi connectivity index (χ0) is 13.7. The van der Waals surface area contributed by atoms with Crippen LogP contribution in [0.1, 0.15) is 13.8 Å². The van der Waals surface area contributed by atoms with Gasteiger partial charge in [0.05, 0.1) is 20.4 Å². The second-order valence-corrected chi connectivity index (χ2v) is 4.23. The maximum absolute atomic E-state index is 11.4. The molecule has 0 spiro atoms. The first-order chi connectivity index (χ1) is 8.49. The first-order valence-electron chi connectivity index (χ1n) is 5.39. The molecule has 0 aliphatic heterocycles. The summed E-state index contributed by atoms with van der Waals surface area (Å²) in [7, 11) is 2.80. The van der Waals surface area contributed by atoms with Crippen molar-refractivity contribution in [3.8, 4) is 6.01 Å². The Labute approximate surface area is 111 Å². The van der Waals surface area contributed by atoms with Gasteiger partial charge in [-0.1, -0.05) is 11.6 Å². The van der Waals surface area contributed by atoms with Gasteiger partial charge in [0.15, 0.2) is 5.82 Å². The van der Waals surface area contributed by atoms with Crippen LogP contribution in [-0.2, 0) is 9.53 Å². The maximum atomic E-state index is 11.4. The fourth-order valence-electron chi connectivity index (χ4n) is 1.35. The summed E-state index contributed by atoms with van der Waals surface area (Å²) in [5, 5.41) is 0.355. The number of nitrogens with zero attached hydrogens (tertiary/aromatic N) is 3. The second-order valence-electron chi connectivity index (χ2n) is 3.83. The van der Waals surface area contributed by atoms with Crippen molar-refractivity contribution in [2.75, 3.05) is 25.7 Å². The molecule has 0 aliphatic carbocycles. The number of esters is 1. The van der Waals surface area contributed by atoms with Crippen molar-refractivity contribution in [2.24, 2.45) is 0 Å². The molecule has 6 nitrogen and oxygen atoms in total. The van der Waals surface area contributed by atoms with Gasteiger partial charge < -0.3 is 14.4 Å². The normalized spacial score (nSPS) is 10.3. The van der Waals surface area contributed by atoms with Crippen LogP contribution >= 0.6 is 11.6 Å². The molecule has 0 aromatic carbocycles. The smallest absolute Gasteiger partial charge is 0.325 e. The first kappa shape index (κ1) is 14.5. The Morgan fingerprint density at radius 3 is 2.67 bits per heavy atom. The lowest BCUT2D eigenvalue weighted by molar-refractivity contribution is -0.139. The second kappa shape index (κ2) is 6.39. The predicted octanol–water partition coefficient (Wildman–Crippen LogP) is 1.53. The Morgan fingerprint density at radius 1 is 1.50 bits per heavy atom. The lowest BCUT2D eigenvalue weighted by atomic mass is 10.3. The number of anilines is 1. The summed E-state index contributed by atoms with van der Waals surface area (Å²) >= 11 is 6.04. The zero-order valence-corrected chi connectivity index (χ0v) is 11.6. The fourth-order valence-corrected chi connectivity index (χ4v) is 1.55. The standard InChI is InChI=1S/C11H16ClN3O3/c1-7(2)15(6-9(16)17-3)10-8(12)5-13-11(14-10)18-4/h5,7H,6H2,1-4H3. The van der Waals surface area contributed by atoms with E-state index in [0.717, 1.165) is 0 Å². The number of hydrogen-bond donors (Lipinski definition) is 0. The van der Waals surface area contributed by atoms with Gasteiger partial charge in [0.2, 0.25) is 0 Å². The van der Waals surface area contributed by atoms with Crippen LogP contribution in [-0.4, -0.2) is 42.7 Å². The molecule has 7 heteroatoms. The van der Waals surface area contributed by atoms with Gasteiger partial charge in [-0.3, -0.25) is 4.79 Å². The van der Waals surface area contributed by atoms with E-state index < -0.39 is 0 Å². The number of aromatic nitrogens is 2. The fraction of sp³-hybridized carbons (Fsp3) is 0.545. The molecule has 0 aliphatic rings. The van der Waals surface area contributed by atoms with E-state index in [1.54, 1.807) is 4.90 Å². The third-order valence-corrected chi connectivity index (χ3v) is 2.58. The molecule has 100 valence electrons. The van der Waals surface area contributed by atoms with Gasteiger partial charge in [-0.2, -0.15) is 4.98 Å². The molecule has 0 amide bonds. The molecule has 1 aromatic heterocycles. The van der Waals surface area contributed by atoms with E-state index in [9.17, 15) is 4.79 Å². The van der Waals surface area contributed by atoms with Crippen LogP contribution in [0.3, 0.4) is 0 Å². The molecule has 0 N–H and O–H groups in total. The number of carbonyl (C=O) groups excluding carboxylic acids is 1. The number of ether oxygens (including phenoxy) is 2. The van der Waals surface area contributed by atoms with Crippen molar-refractivity contribution < 1.29 is 14.3 Å². The van der Waals surface area contributed by atoms with Gasteiger partial charge >= 0.3 is 12.0 Å². The molecule has 18 heavy (non-hydrogen) atoms. The molecular weight excluding hydrogens is 258 g/mol. The van der Waals surface area contributed by atoms with Crippen molar-refractivity contribution in [3.05, 3.63) is 11.2 Å². The van der Waals surface area contributed by atoms with Crippen LogP contribution in [0.4, 0.5) is 5.82 Å². The summed E-state index contributed by atoms with van der Waals surface area (Å²) in [4.78, 5) is 21.1. The van der Waals surface area contributed by atoms with E-state index in [-0.39, 0.29) is 24.6 Å². The van der Waals surface area contributed by atoms with Crippen LogP contribution in [0.5, 0.6) is 6.01 Å². The van der Waals surface area contributed by atoms with Crippen molar-refractivity contribution in [2.45, 2.75) is 19.9 Å². The molecule has 1 rings (SSSR count). The van der Waals surface area contributed by atoms with Gasteiger partial charge in [0.1, 0.15) is 11.6 Å². The third-order valence-electron chi connectivity index (χ3n) is 2.31. The molecule has 1 heterocycles. The Morgan fingerprint density at radius 2 is 2.17 bits per heavy atom. The van der Waals surface area contributed by atoms with E-state index >= 15 is 0 Å². The summed E-state index contributed by atoms with van der Waals surface area (Å²) in [6.07, 6.45) is 1.44. The highest BCUT2D eigenvalue weighted by Crippen LogP contribution is 2.25. The third kappa shape index (κ3) is 3.46. The van der Waals surface area contributed by atoms with Gasteiger partial charge in [-0.15, -0.1) is 0 Å². The molecule has 0 bridgehead atoms. The van der Waals surface area contributed by atoms with Crippen LogP contribution < -0.4 is 9.64 Å². The topological polar surface area (TPSA) is 64.5 Å². The summed E-state index contributed by atoms with van der Waals surface area (Å²) in [5.74, 6) is 0.0845. The van der Waals surface area contributed by atoms with Gasteiger partial charge in [0.25, 0.3) is 0 Å². The van der Waals surface area contributed by atoms with Crippen LogP contribution in [0.2, 0.25) is 5.02 Å². The Balaban J connectivity index is 3.08. The number of carbonyl (C=O) groups is 1. The van der Waals surface area contributed by atoms with E-state index in [1.165, 1.54) is 20.4 Å². The number of rotatable bonds is 5. The lowest BCUT2D eigenvalue weighted by Gasteiger charge is -2.27. The monoisotopic (exact) mass is 273 g/mol. The predicted molar refractivity (Wildman–Crippen MR) is 68.1 cm³/mol. The van der Waals surface area contributed by atoms with Crippen LogP contribution in [0, 0.1) is 0 Å². The molecule has 0 atom stereocenters. The van der Waals surface area contributed by atoms with Crippen molar-refractivity contribution in [1.29, 1.82) is 0 Å². The van der Waals surface area contributed by atoms with Gasteiger partial charge in [-0.05, 0) is 13.8 Å². The average Bonchev–Trinajstić information content (AvgIpc) is 2.36. The number of methoxy groups -OCH3 is 2. The highest BCUT2D eigenvalue weighted by atomic mass is 35.5. The SMILES string of the molecule is COC(=O)CN(c1nc(OC)ncc1Cl)C(C)C. The maximum Gasteiger partial charge on any atom is 0.325 e. The number of hydrogen-bond acceptors (Lipinski definition) is 6. The van der Waals surface area contributed by atoms with Gasteiger partial charge in [-0.25, -0.2) is 4.98 Å². The molecule has 0 unspecified atom stereocenters. The summed E-state index contributed by atoms with van der Waals surface area (Å²) in [6, 6.07) is 0.228. The van der Waals surface area contributed by atoms with Crippen molar-refractivity contribution in [1.82, 2.24) is 9.97 Å². The molecule has 1 aromatic rings. The summed E-state index contributed by atoms with van der Waals surface area (Å²) in [6.45, 7) is 3.91. The van der Waals surface area contributed by atoms with Crippen LogP contribution in [0.25, 0.3) is 0 Å². The van der Waals surface area contributed by atoms with Gasteiger partial charge in [0, 0.05) is 6.04 Å². The van der Waals surface area contributed by atoms with E-state index in [4.69, 9.17) is 16.3 Å². The minimum absolute atomic E-state index is 0.0289. The Kier molecular flexibility index (Phi) is 5.15. The molecular formula is C11H16ClN3O3. The Bertz CT molecular complexity index is 426. The first-order valence-corrected chi connectivity index (χ1v) is 5.77. The Hall–Kier alpha value is -1.56. The quantitative estimate of drug-likeness (QED) is 0.758. The van der Waals surface area contributed by atoms with Crippen molar-refractivity contribution in [3.63, 3.8) is 0 Å². The largest absolute Gasteiger partial charge is 0.468 e. The summed E-state index contributed by atoms with van der Waals surface area (Å²) in [5.41, 5.74) is 0. The molecule has 0 fully saturated rings. The molecule has 0 radical (unpaired) electrons. The zero-order valence-electron chi connectivity index (χ0n) is 10.8. The summed E-state index contributed by atoms with van der Waals surface area (Å²) < 4.78 is 9.60. The highest BCUT2D eigenvalue weighted by Gasteiger charge is 2.20. The molecule has 0 saturated carbocycles. The molecule has 0 saturated heterocycles. The van der Waals surface area contributed by atoms with Crippen LogP contribution in [0.15, 0.2) is 6.20 Å². The minimum atomic E-state index is -0.364. The average molecular weight is 274 g/mol. The van der Waals surface area contributed by atoms with E-state index in [0.29, 0.717) is 10.8 Å². The highest BCUT2D eigenvalue weighted by molar-refractivity contribution is 6.32. The van der Waals surface area contributed by atoms with Crippen molar-refractivity contribution >= 4 is 23.4 Å². The lowest BCUT2D eigenvalue weighted by Crippen LogP contribution is -2.37. The van der Waals surface area contributed by atoms with E-state index in [2.05, 4.69) is 14.7 Å². The number of halogens is 1.